The van der Waals surface area contributed by atoms with Crippen LogP contribution in [0.1, 0.15) is 45.0 Å². The van der Waals surface area contributed by atoms with Crippen molar-refractivity contribution in [1.29, 1.82) is 0 Å². The number of esters is 1. The summed E-state index contributed by atoms with van der Waals surface area (Å²) in [5.41, 5.74) is 2.31. The summed E-state index contributed by atoms with van der Waals surface area (Å²) in [6.07, 6.45) is 0. The van der Waals surface area contributed by atoms with E-state index < -0.39 is 29.5 Å². The highest BCUT2D eigenvalue weighted by atomic mass is 16.5. The first-order valence-corrected chi connectivity index (χ1v) is 11.6. The van der Waals surface area contributed by atoms with E-state index in [2.05, 4.69) is 0 Å². The fraction of sp³-hybridized carbons (Fsp3) is 0.138. The zero-order chi connectivity index (χ0) is 25.2. The van der Waals surface area contributed by atoms with Gasteiger partial charge in [0.1, 0.15) is 5.58 Å². The first-order chi connectivity index (χ1) is 17.5. The maximum atomic E-state index is 13.6. The number of furan rings is 1. The zero-order valence-corrected chi connectivity index (χ0v) is 19.5. The topological polar surface area (TPSA) is 97.0 Å². The van der Waals surface area contributed by atoms with E-state index in [0.717, 1.165) is 10.9 Å². The third-order valence-corrected chi connectivity index (χ3v) is 6.13. The molecule has 2 heterocycles. The third kappa shape index (κ3) is 4.15. The zero-order valence-electron chi connectivity index (χ0n) is 19.5. The van der Waals surface area contributed by atoms with Crippen LogP contribution < -0.4 is 0 Å². The number of carbonyl (C=O) groups is 3. The van der Waals surface area contributed by atoms with Crippen LogP contribution in [-0.4, -0.2) is 34.3 Å². The number of hydrogen-bond acceptors (Lipinski definition) is 6. The fourth-order valence-electron chi connectivity index (χ4n) is 4.41. The van der Waals surface area contributed by atoms with Gasteiger partial charge in [-0.3, -0.25) is 9.59 Å². The second-order valence-electron chi connectivity index (χ2n) is 8.40. The van der Waals surface area contributed by atoms with Crippen LogP contribution in [0.25, 0.3) is 11.0 Å². The van der Waals surface area contributed by atoms with Gasteiger partial charge >= 0.3 is 5.97 Å². The molecule has 1 aliphatic heterocycles. The van der Waals surface area contributed by atoms with Gasteiger partial charge < -0.3 is 19.2 Å². The minimum atomic E-state index is -0.816. The van der Waals surface area contributed by atoms with Gasteiger partial charge in [-0.15, -0.1) is 0 Å². The summed E-state index contributed by atoms with van der Waals surface area (Å²) >= 11 is 0. The molecule has 0 spiro atoms. The predicted octanol–water partition coefficient (Wildman–Crippen LogP) is 5.39. The van der Waals surface area contributed by atoms with Gasteiger partial charge in [0.2, 0.25) is 5.78 Å². The normalized spacial score (nSPS) is 15.5. The summed E-state index contributed by atoms with van der Waals surface area (Å²) in [5, 5.41) is 11.6. The Morgan fingerprint density at radius 3 is 2.36 bits per heavy atom. The number of aliphatic hydroxyl groups excluding tert-OH is 1. The first kappa shape index (κ1) is 23.1. The van der Waals surface area contributed by atoms with Gasteiger partial charge in [0, 0.05) is 11.9 Å². The second-order valence-corrected chi connectivity index (χ2v) is 8.40. The molecule has 0 saturated carbocycles. The van der Waals surface area contributed by atoms with Crippen LogP contribution in [0.15, 0.2) is 101 Å². The standard InChI is InChI=1S/C29H23NO6/c1-2-35-29(34)20-14-12-18(13-15-20)17-30-25(19-8-4-3-5-9-19)24(27(32)28(30)33)26(31)23-16-21-10-6-7-11-22(21)36-23/h3-16,25,32H,2,17H2,1H3. The molecule has 0 fully saturated rings. The number of ether oxygens (including phenoxy) is 1. The number of para-hydroxylation sites is 1. The number of benzene rings is 3. The minimum Gasteiger partial charge on any atom is -0.503 e. The lowest BCUT2D eigenvalue weighted by atomic mass is 9.95. The quantitative estimate of drug-likeness (QED) is 0.281. The maximum absolute atomic E-state index is 13.6. The highest BCUT2D eigenvalue weighted by Crippen LogP contribution is 2.40. The van der Waals surface area contributed by atoms with Crippen LogP contribution in [0.4, 0.5) is 0 Å². The molecule has 0 aliphatic carbocycles. The number of fused-ring (bicyclic) bond motifs is 1. The van der Waals surface area contributed by atoms with Crippen molar-refractivity contribution in [2.24, 2.45) is 0 Å². The lowest BCUT2D eigenvalue weighted by Crippen LogP contribution is -2.30. The molecule has 4 aromatic rings. The molecule has 7 heteroatoms. The number of nitrogens with zero attached hydrogens (tertiary/aromatic N) is 1. The Balaban J connectivity index is 1.50. The number of rotatable bonds is 7. The first-order valence-electron chi connectivity index (χ1n) is 11.6. The number of aliphatic hydroxyl groups is 1. The van der Waals surface area contributed by atoms with Crippen LogP contribution in [-0.2, 0) is 16.1 Å². The Labute approximate surface area is 207 Å². The molecule has 0 bridgehead atoms. The van der Waals surface area contributed by atoms with Gasteiger partial charge in [-0.2, -0.15) is 0 Å². The SMILES string of the molecule is CCOC(=O)c1ccc(CN2C(=O)C(O)=C(C(=O)c3cc4ccccc4o3)C2c2ccccc2)cc1. The molecule has 1 aromatic heterocycles. The summed E-state index contributed by atoms with van der Waals surface area (Å²) in [5.74, 6) is -2.19. The Morgan fingerprint density at radius 1 is 0.972 bits per heavy atom. The summed E-state index contributed by atoms with van der Waals surface area (Å²) in [6.45, 7) is 2.12. The Morgan fingerprint density at radius 2 is 1.67 bits per heavy atom. The summed E-state index contributed by atoms with van der Waals surface area (Å²) in [7, 11) is 0. The molecule has 3 aromatic carbocycles. The number of carbonyl (C=O) groups excluding carboxylic acids is 3. The smallest absolute Gasteiger partial charge is 0.338 e. The van der Waals surface area contributed by atoms with E-state index in [1.807, 2.05) is 30.3 Å². The third-order valence-electron chi connectivity index (χ3n) is 6.13. The number of amides is 1. The van der Waals surface area contributed by atoms with Gasteiger partial charge in [-0.25, -0.2) is 4.79 Å². The lowest BCUT2D eigenvalue weighted by Gasteiger charge is -2.26. The van der Waals surface area contributed by atoms with E-state index in [1.54, 1.807) is 61.5 Å². The number of ketones is 1. The largest absolute Gasteiger partial charge is 0.503 e. The van der Waals surface area contributed by atoms with Crippen LogP contribution in [0, 0.1) is 0 Å². The summed E-state index contributed by atoms with van der Waals surface area (Å²) < 4.78 is 10.8. The molecule has 1 aliphatic rings. The fourth-order valence-corrected chi connectivity index (χ4v) is 4.41. The molecular weight excluding hydrogens is 458 g/mol. The highest BCUT2D eigenvalue weighted by molar-refractivity contribution is 6.16. The van der Waals surface area contributed by atoms with Crippen molar-refractivity contribution < 1.29 is 28.6 Å². The summed E-state index contributed by atoms with van der Waals surface area (Å²) in [6, 6.07) is 23.8. The molecule has 180 valence electrons. The lowest BCUT2D eigenvalue weighted by molar-refractivity contribution is -0.130. The maximum Gasteiger partial charge on any atom is 0.338 e. The molecule has 36 heavy (non-hydrogen) atoms. The van der Waals surface area contributed by atoms with Crippen molar-refractivity contribution in [3.8, 4) is 0 Å². The van der Waals surface area contributed by atoms with Gasteiger partial charge in [-0.05, 0) is 42.3 Å². The van der Waals surface area contributed by atoms with Crippen LogP contribution >= 0.6 is 0 Å². The molecule has 1 atom stereocenters. The van der Waals surface area contributed by atoms with Gasteiger partial charge in [0.15, 0.2) is 11.5 Å². The van der Waals surface area contributed by atoms with Crippen LogP contribution in [0.2, 0.25) is 0 Å². The molecular formula is C29H23NO6. The van der Waals surface area contributed by atoms with E-state index in [4.69, 9.17) is 9.15 Å². The highest BCUT2D eigenvalue weighted by Gasteiger charge is 2.44. The number of Topliss-reactive ketones (excluding diaryl/α,β-unsaturated/α-hetero) is 1. The van der Waals surface area contributed by atoms with Gasteiger partial charge in [0.05, 0.1) is 23.8 Å². The van der Waals surface area contributed by atoms with Crippen molar-refractivity contribution in [2.45, 2.75) is 19.5 Å². The average molecular weight is 482 g/mol. The number of hydrogen-bond donors (Lipinski definition) is 1. The van der Waals surface area contributed by atoms with Crippen molar-refractivity contribution in [3.63, 3.8) is 0 Å². The molecule has 1 N–H and O–H groups in total. The Hall–Kier alpha value is -4.65. The minimum absolute atomic E-state index is 0.0339. The molecule has 1 amide bonds. The molecule has 1 unspecified atom stereocenters. The van der Waals surface area contributed by atoms with E-state index >= 15 is 0 Å². The van der Waals surface area contributed by atoms with Crippen molar-refractivity contribution in [2.75, 3.05) is 6.61 Å². The van der Waals surface area contributed by atoms with Crippen LogP contribution in [0.5, 0.6) is 0 Å². The average Bonchev–Trinajstić information content (AvgIpc) is 3.44. The van der Waals surface area contributed by atoms with Gasteiger partial charge in [0.25, 0.3) is 5.91 Å². The monoisotopic (exact) mass is 481 g/mol. The van der Waals surface area contributed by atoms with E-state index in [1.165, 1.54) is 4.90 Å². The Bertz CT molecular complexity index is 1450. The van der Waals surface area contributed by atoms with E-state index in [-0.39, 0.29) is 24.5 Å². The van der Waals surface area contributed by atoms with Gasteiger partial charge in [-0.1, -0.05) is 60.7 Å². The van der Waals surface area contributed by atoms with Crippen LogP contribution in [0.3, 0.4) is 0 Å². The summed E-state index contributed by atoms with van der Waals surface area (Å²) in [4.78, 5) is 40.2. The van der Waals surface area contributed by atoms with E-state index in [9.17, 15) is 19.5 Å². The Kier molecular flexibility index (Phi) is 6.12. The van der Waals surface area contributed by atoms with Crippen molar-refractivity contribution >= 4 is 28.6 Å². The second kappa shape index (κ2) is 9.54. The van der Waals surface area contributed by atoms with E-state index in [0.29, 0.717) is 16.7 Å². The van der Waals surface area contributed by atoms with Crippen molar-refractivity contribution in [3.05, 3.63) is 119 Å². The molecule has 7 nitrogen and oxygen atoms in total. The molecule has 5 rings (SSSR count). The molecule has 0 saturated heterocycles. The van der Waals surface area contributed by atoms with Crippen molar-refractivity contribution in [1.82, 2.24) is 4.90 Å². The molecule has 0 radical (unpaired) electrons. The predicted molar refractivity (Wildman–Crippen MR) is 132 cm³/mol.